The Morgan fingerprint density at radius 1 is 1.29 bits per heavy atom. The number of hydrogen-bond donors (Lipinski definition) is 3. The molecule has 0 heterocycles. The summed E-state index contributed by atoms with van der Waals surface area (Å²) in [5.74, 6) is 6.34. The largest absolute Gasteiger partial charge is 0.481 e. The van der Waals surface area contributed by atoms with Crippen LogP contribution in [0.1, 0.15) is 51.4 Å². The van der Waals surface area contributed by atoms with Crippen molar-refractivity contribution in [1.29, 1.82) is 0 Å². The minimum atomic E-state index is -0.873. The molecule has 2 aliphatic rings. The number of hydrogen-bond acceptors (Lipinski definition) is 4. The normalized spacial score (nSPS) is 31.6. The second-order valence-electron chi connectivity index (χ2n) is 6.96. The van der Waals surface area contributed by atoms with Crippen LogP contribution in [-0.4, -0.2) is 49.9 Å². The Balaban J connectivity index is 1.82. The van der Waals surface area contributed by atoms with E-state index in [-0.39, 0.29) is 23.0 Å². The van der Waals surface area contributed by atoms with Gasteiger partial charge in [-0.25, -0.2) is 0 Å². The number of aliphatic hydroxyl groups is 2. The van der Waals surface area contributed by atoms with Crippen molar-refractivity contribution in [3.05, 3.63) is 0 Å². The SMILES string of the molecule is O=C(O)CSCCCC[C@@H]1[C@@H](C#CC2(O)CCCC2)[C@H](O)C[C@H]1Cl. The Hall–Kier alpha value is -0.410. The lowest BCUT2D eigenvalue weighted by Crippen LogP contribution is -2.24. The van der Waals surface area contributed by atoms with Gasteiger partial charge in [-0.05, 0) is 56.6 Å². The van der Waals surface area contributed by atoms with Gasteiger partial charge in [0.05, 0.1) is 17.8 Å². The van der Waals surface area contributed by atoms with Gasteiger partial charge in [-0.3, -0.25) is 4.79 Å². The first-order valence-corrected chi connectivity index (χ1v) is 10.4. The zero-order chi connectivity index (χ0) is 17.6. The van der Waals surface area contributed by atoms with Crippen molar-refractivity contribution >= 4 is 29.3 Å². The van der Waals surface area contributed by atoms with Crippen LogP contribution in [0.15, 0.2) is 0 Å². The molecule has 136 valence electrons. The maximum absolute atomic E-state index is 10.5. The minimum absolute atomic E-state index is 0.0795. The van der Waals surface area contributed by atoms with Gasteiger partial charge in [0.25, 0.3) is 0 Å². The van der Waals surface area contributed by atoms with Gasteiger partial charge >= 0.3 is 5.97 Å². The van der Waals surface area contributed by atoms with Gasteiger partial charge in [0.1, 0.15) is 5.60 Å². The summed E-state index contributed by atoms with van der Waals surface area (Å²) in [7, 11) is 0. The van der Waals surface area contributed by atoms with Gasteiger partial charge in [0.15, 0.2) is 0 Å². The van der Waals surface area contributed by atoms with Crippen molar-refractivity contribution in [1.82, 2.24) is 0 Å². The Labute approximate surface area is 153 Å². The van der Waals surface area contributed by atoms with Crippen molar-refractivity contribution in [2.24, 2.45) is 11.8 Å². The van der Waals surface area contributed by atoms with E-state index in [4.69, 9.17) is 16.7 Å². The molecule has 6 heteroatoms. The predicted octanol–water partition coefficient (Wildman–Crippen LogP) is 2.89. The monoisotopic (exact) mass is 374 g/mol. The van der Waals surface area contributed by atoms with Crippen molar-refractivity contribution in [2.75, 3.05) is 11.5 Å². The number of carboxylic acids is 1. The molecule has 0 aliphatic heterocycles. The molecule has 0 aromatic carbocycles. The second kappa shape index (κ2) is 9.33. The Kier molecular flexibility index (Phi) is 7.74. The number of carboxylic acid groups (broad SMARTS) is 1. The van der Waals surface area contributed by atoms with Crippen molar-refractivity contribution < 1.29 is 20.1 Å². The Bertz CT molecular complexity index is 481. The summed E-state index contributed by atoms with van der Waals surface area (Å²) < 4.78 is 0. The lowest BCUT2D eigenvalue weighted by molar-refractivity contribution is -0.133. The van der Waals surface area contributed by atoms with Crippen LogP contribution in [0.25, 0.3) is 0 Å². The fourth-order valence-corrected chi connectivity index (χ4v) is 4.86. The van der Waals surface area contributed by atoms with Crippen LogP contribution in [0.2, 0.25) is 0 Å². The molecular weight excluding hydrogens is 348 g/mol. The van der Waals surface area contributed by atoms with Gasteiger partial charge in [0, 0.05) is 5.38 Å². The standard InChI is InChI=1S/C18H27ClO4S/c19-15-11-16(20)14(6-9-18(23)7-2-3-8-18)13(15)5-1-4-10-24-12-17(21)22/h13-16,20,23H,1-5,7-8,10-12H2,(H,21,22)/t13-,14-,15-,16-/m1/s1. The highest BCUT2D eigenvalue weighted by atomic mass is 35.5. The van der Waals surface area contributed by atoms with E-state index in [9.17, 15) is 15.0 Å². The van der Waals surface area contributed by atoms with Gasteiger partial charge in [-0.15, -0.1) is 11.6 Å². The highest BCUT2D eigenvalue weighted by Crippen LogP contribution is 2.39. The van der Waals surface area contributed by atoms with Crippen molar-refractivity contribution in [3.63, 3.8) is 0 Å². The summed E-state index contributed by atoms with van der Waals surface area (Å²) in [6.07, 6.45) is 6.28. The molecule has 4 nitrogen and oxygen atoms in total. The van der Waals surface area contributed by atoms with Gasteiger partial charge < -0.3 is 15.3 Å². The predicted molar refractivity (Wildman–Crippen MR) is 97.3 cm³/mol. The molecule has 4 atom stereocenters. The Morgan fingerprint density at radius 3 is 2.67 bits per heavy atom. The third kappa shape index (κ3) is 5.84. The van der Waals surface area contributed by atoms with Crippen LogP contribution in [0.4, 0.5) is 0 Å². The van der Waals surface area contributed by atoms with E-state index in [2.05, 4.69) is 11.8 Å². The number of halogens is 1. The van der Waals surface area contributed by atoms with Gasteiger partial charge in [-0.1, -0.05) is 18.3 Å². The van der Waals surface area contributed by atoms with Crippen molar-refractivity contribution in [3.8, 4) is 11.8 Å². The molecule has 0 spiro atoms. The van der Waals surface area contributed by atoms with Crippen molar-refractivity contribution in [2.45, 2.75) is 68.4 Å². The summed E-state index contributed by atoms with van der Waals surface area (Å²) in [5, 5.41) is 29.2. The van der Waals surface area contributed by atoms with E-state index >= 15 is 0 Å². The number of aliphatic hydroxyl groups excluding tert-OH is 1. The summed E-state index contributed by atoms with van der Waals surface area (Å²) >= 11 is 7.84. The molecule has 0 saturated heterocycles. The molecule has 0 aromatic heterocycles. The summed E-state index contributed by atoms with van der Waals surface area (Å²) in [6, 6.07) is 0. The molecule has 0 amide bonds. The first kappa shape index (κ1) is 19.9. The van der Waals surface area contributed by atoms with E-state index in [0.29, 0.717) is 6.42 Å². The molecule has 0 aromatic rings. The molecule has 2 fully saturated rings. The van der Waals surface area contributed by atoms with Crippen LogP contribution < -0.4 is 0 Å². The number of unbranched alkanes of at least 4 members (excludes halogenated alkanes) is 1. The Morgan fingerprint density at radius 2 is 2.00 bits per heavy atom. The first-order valence-electron chi connectivity index (χ1n) is 8.78. The van der Waals surface area contributed by atoms with Crippen LogP contribution in [-0.2, 0) is 4.79 Å². The van der Waals surface area contributed by atoms with Crippen LogP contribution in [0.3, 0.4) is 0 Å². The molecule has 0 unspecified atom stereocenters. The third-order valence-corrected chi connectivity index (χ3v) is 6.54. The molecule has 3 N–H and O–H groups in total. The fraction of sp³-hybridized carbons (Fsp3) is 0.833. The third-order valence-electron chi connectivity index (χ3n) is 5.01. The van der Waals surface area contributed by atoms with E-state index in [0.717, 1.165) is 50.7 Å². The average Bonchev–Trinajstić information content (AvgIpc) is 3.05. The minimum Gasteiger partial charge on any atom is -0.481 e. The maximum atomic E-state index is 10.5. The summed E-state index contributed by atoms with van der Waals surface area (Å²) in [6.45, 7) is 0. The number of carbonyl (C=O) groups is 1. The van der Waals surface area contributed by atoms with E-state index < -0.39 is 17.7 Å². The van der Waals surface area contributed by atoms with E-state index in [1.54, 1.807) is 0 Å². The molecule has 0 radical (unpaired) electrons. The highest BCUT2D eigenvalue weighted by Gasteiger charge is 2.40. The maximum Gasteiger partial charge on any atom is 0.313 e. The van der Waals surface area contributed by atoms with Crippen LogP contribution in [0.5, 0.6) is 0 Å². The number of aliphatic carboxylic acids is 1. The van der Waals surface area contributed by atoms with Crippen LogP contribution in [0, 0.1) is 23.7 Å². The summed E-state index contributed by atoms with van der Waals surface area (Å²) in [4.78, 5) is 10.5. The highest BCUT2D eigenvalue weighted by molar-refractivity contribution is 7.99. The van der Waals surface area contributed by atoms with Gasteiger partial charge in [-0.2, -0.15) is 11.8 Å². The molecule has 0 bridgehead atoms. The van der Waals surface area contributed by atoms with Gasteiger partial charge in [0.2, 0.25) is 0 Å². The number of thioether (sulfide) groups is 1. The molecule has 2 aliphatic carbocycles. The quantitative estimate of drug-likeness (QED) is 0.363. The molecule has 2 saturated carbocycles. The summed E-state index contributed by atoms with van der Waals surface area (Å²) in [5.41, 5.74) is -0.873. The zero-order valence-corrected chi connectivity index (χ0v) is 15.5. The molecular formula is C18H27ClO4S. The number of rotatable bonds is 7. The lowest BCUT2D eigenvalue weighted by Gasteiger charge is -2.20. The smallest absolute Gasteiger partial charge is 0.313 e. The molecule has 24 heavy (non-hydrogen) atoms. The first-order chi connectivity index (χ1) is 11.4. The number of alkyl halides is 1. The van der Waals surface area contributed by atoms with Crippen LogP contribution >= 0.6 is 23.4 Å². The lowest BCUT2D eigenvalue weighted by atomic mass is 9.89. The fourth-order valence-electron chi connectivity index (χ4n) is 3.67. The topological polar surface area (TPSA) is 77.8 Å². The average molecular weight is 375 g/mol. The van der Waals surface area contributed by atoms with E-state index in [1.165, 1.54) is 11.8 Å². The van der Waals surface area contributed by atoms with E-state index in [1.807, 2.05) is 0 Å². The second-order valence-corrected chi connectivity index (χ2v) is 8.62. The molecule has 2 rings (SSSR count). The zero-order valence-electron chi connectivity index (χ0n) is 13.9.